The predicted molar refractivity (Wildman–Crippen MR) is 68.2 cm³/mol. The SMILES string of the molecule is CC1CCN(CC(N)c2ccc(F)cc2)CC1. The molecule has 2 rings (SSSR count). The fourth-order valence-corrected chi connectivity index (χ4v) is 2.34. The molecule has 1 atom stereocenters. The average Bonchev–Trinajstić information content (AvgIpc) is 2.33. The summed E-state index contributed by atoms with van der Waals surface area (Å²) in [6.45, 7) is 5.45. The lowest BCUT2D eigenvalue weighted by atomic mass is 9.98. The number of hydrogen-bond acceptors (Lipinski definition) is 2. The van der Waals surface area contributed by atoms with Crippen LogP contribution >= 0.6 is 0 Å². The molecule has 17 heavy (non-hydrogen) atoms. The number of hydrogen-bond donors (Lipinski definition) is 1. The van der Waals surface area contributed by atoms with E-state index in [4.69, 9.17) is 5.73 Å². The summed E-state index contributed by atoms with van der Waals surface area (Å²) in [5.74, 6) is 0.640. The van der Waals surface area contributed by atoms with Crippen molar-refractivity contribution in [3.05, 3.63) is 35.6 Å². The fraction of sp³-hybridized carbons (Fsp3) is 0.571. The van der Waals surface area contributed by atoms with Crippen LogP contribution in [0.1, 0.15) is 31.4 Å². The molecule has 3 heteroatoms. The lowest BCUT2D eigenvalue weighted by Gasteiger charge is -2.32. The van der Waals surface area contributed by atoms with Gasteiger partial charge in [-0.15, -0.1) is 0 Å². The van der Waals surface area contributed by atoms with E-state index in [1.54, 1.807) is 12.1 Å². The number of rotatable bonds is 3. The molecule has 0 amide bonds. The van der Waals surface area contributed by atoms with Crippen LogP contribution < -0.4 is 5.73 Å². The van der Waals surface area contributed by atoms with E-state index in [0.717, 1.165) is 31.1 Å². The highest BCUT2D eigenvalue weighted by atomic mass is 19.1. The third-order valence-electron chi connectivity index (χ3n) is 3.63. The highest BCUT2D eigenvalue weighted by Gasteiger charge is 2.18. The smallest absolute Gasteiger partial charge is 0.123 e. The van der Waals surface area contributed by atoms with Crippen molar-refractivity contribution >= 4 is 0 Å². The van der Waals surface area contributed by atoms with E-state index in [0.29, 0.717) is 0 Å². The van der Waals surface area contributed by atoms with Crippen molar-refractivity contribution in [2.75, 3.05) is 19.6 Å². The third kappa shape index (κ3) is 3.51. The molecule has 1 aromatic carbocycles. The van der Waals surface area contributed by atoms with Gasteiger partial charge in [0.2, 0.25) is 0 Å². The van der Waals surface area contributed by atoms with Crippen LogP contribution in [0.25, 0.3) is 0 Å². The van der Waals surface area contributed by atoms with Crippen LogP contribution in [-0.2, 0) is 0 Å². The number of likely N-dealkylation sites (tertiary alicyclic amines) is 1. The summed E-state index contributed by atoms with van der Waals surface area (Å²) in [6.07, 6.45) is 2.52. The Kier molecular flexibility index (Phi) is 4.13. The molecule has 1 aromatic rings. The van der Waals surface area contributed by atoms with Gasteiger partial charge in [-0.1, -0.05) is 19.1 Å². The van der Waals surface area contributed by atoms with Crippen molar-refractivity contribution in [1.82, 2.24) is 4.90 Å². The Balaban J connectivity index is 1.88. The van der Waals surface area contributed by atoms with Crippen molar-refractivity contribution < 1.29 is 4.39 Å². The largest absolute Gasteiger partial charge is 0.323 e. The van der Waals surface area contributed by atoms with Crippen LogP contribution in [0, 0.1) is 11.7 Å². The molecule has 0 saturated carbocycles. The first kappa shape index (κ1) is 12.5. The van der Waals surface area contributed by atoms with Crippen LogP contribution in [0.4, 0.5) is 4.39 Å². The second-order valence-electron chi connectivity index (χ2n) is 5.14. The quantitative estimate of drug-likeness (QED) is 0.874. The molecule has 0 radical (unpaired) electrons. The van der Waals surface area contributed by atoms with Gasteiger partial charge < -0.3 is 10.6 Å². The van der Waals surface area contributed by atoms with Crippen molar-refractivity contribution in [2.45, 2.75) is 25.8 Å². The first-order valence-corrected chi connectivity index (χ1v) is 6.38. The van der Waals surface area contributed by atoms with E-state index in [9.17, 15) is 4.39 Å². The Morgan fingerprint density at radius 3 is 2.47 bits per heavy atom. The topological polar surface area (TPSA) is 29.3 Å². The summed E-state index contributed by atoms with van der Waals surface area (Å²) in [4.78, 5) is 2.41. The Labute approximate surface area is 103 Å². The molecule has 0 spiro atoms. The van der Waals surface area contributed by atoms with E-state index in [1.165, 1.54) is 25.0 Å². The second-order valence-corrected chi connectivity index (χ2v) is 5.14. The lowest BCUT2D eigenvalue weighted by Crippen LogP contribution is -2.38. The Bertz CT molecular complexity index is 342. The molecule has 1 aliphatic heterocycles. The minimum absolute atomic E-state index is 0.0102. The Morgan fingerprint density at radius 1 is 1.29 bits per heavy atom. The Morgan fingerprint density at radius 2 is 1.88 bits per heavy atom. The van der Waals surface area contributed by atoms with Crippen molar-refractivity contribution in [2.24, 2.45) is 11.7 Å². The fourth-order valence-electron chi connectivity index (χ4n) is 2.34. The predicted octanol–water partition coefficient (Wildman–Crippen LogP) is 2.56. The van der Waals surface area contributed by atoms with Gasteiger partial charge in [-0.3, -0.25) is 0 Å². The standard InChI is InChI=1S/C14H21FN2/c1-11-6-8-17(9-7-11)10-14(16)12-2-4-13(15)5-3-12/h2-5,11,14H,6-10,16H2,1H3. The van der Waals surface area contributed by atoms with Crippen molar-refractivity contribution in [1.29, 1.82) is 0 Å². The summed E-state index contributed by atoms with van der Waals surface area (Å²) < 4.78 is 12.8. The molecular formula is C14H21FN2. The van der Waals surface area contributed by atoms with Gasteiger partial charge in [0.05, 0.1) is 0 Å². The highest BCUT2D eigenvalue weighted by Crippen LogP contribution is 2.19. The number of nitrogens with zero attached hydrogens (tertiary/aromatic N) is 1. The molecule has 1 aliphatic rings. The van der Waals surface area contributed by atoms with Crippen molar-refractivity contribution in [3.8, 4) is 0 Å². The summed E-state index contributed by atoms with van der Waals surface area (Å²) in [5, 5.41) is 0. The maximum atomic E-state index is 12.8. The van der Waals surface area contributed by atoms with Crippen LogP contribution in [0.5, 0.6) is 0 Å². The van der Waals surface area contributed by atoms with E-state index in [1.807, 2.05) is 0 Å². The average molecular weight is 236 g/mol. The molecule has 2 nitrogen and oxygen atoms in total. The van der Waals surface area contributed by atoms with Gasteiger partial charge in [0, 0.05) is 12.6 Å². The summed E-state index contributed by atoms with van der Waals surface area (Å²) in [7, 11) is 0. The number of halogens is 1. The third-order valence-corrected chi connectivity index (χ3v) is 3.63. The molecule has 94 valence electrons. The van der Waals surface area contributed by atoms with Gasteiger partial charge in [-0.05, 0) is 49.5 Å². The van der Waals surface area contributed by atoms with Crippen LogP contribution in [0.2, 0.25) is 0 Å². The second kappa shape index (κ2) is 5.61. The van der Waals surface area contributed by atoms with Crippen LogP contribution in [0.3, 0.4) is 0 Å². The molecule has 1 unspecified atom stereocenters. The molecule has 1 heterocycles. The van der Waals surface area contributed by atoms with E-state index < -0.39 is 0 Å². The van der Waals surface area contributed by atoms with Gasteiger partial charge in [-0.25, -0.2) is 4.39 Å². The van der Waals surface area contributed by atoms with E-state index in [-0.39, 0.29) is 11.9 Å². The van der Waals surface area contributed by atoms with E-state index in [2.05, 4.69) is 11.8 Å². The number of piperidine rings is 1. The Hall–Kier alpha value is -0.930. The van der Waals surface area contributed by atoms with Gasteiger partial charge >= 0.3 is 0 Å². The summed E-state index contributed by atoms with van der Waals surface area (Å²) in [5.41, 5.74) is 7.16. The number of benzene rings is 1. The zero-order valence-electron chi connectivity index (χ0n) is 10.4. The zero-order valence-corrected chi connectivity index (χ0v) is 10.4. The van der Waals surface area contributed by atoms with E-state index >= 15 is 0 Å². The van der Waals surface area contributed by atoms with Crippen molar-refractivity contribution in [3.63, 3.8) is 0 Å². The number of nitrogens with two attached hydrogens (primary N) is 1. The van der Waals surface area contributed by atoms with Crippen LogP contribution in [-0.4, -0.2) is 24.5 Å². The maximum Gasteiger partial charge on any atom is 0.123 e. The van der Waals surface area contributed by atoms with Crippen LogP contribution in [0.15, 0.2) is 24.3 Å². The zero-order chi connectivity index (χ0) is 12.3. The molecule has 1 fully saturated rings. The summed E-state index contributed by atoms with van der Waals surface area (Å²) in [6, 6.07) is 6.52. The maximum absolute atomic E-state index is 12.8. The minimum atomic E-state index is -0.201. The molecule has 1 saturated heterocycles. The van der Waals surface area contributed by atoms with Gasteiger partial charge in [0.1, 0.15) is 5.82 Å². The monoisotopic (exact) mass is 236 g/mol. The minimum Gasteiger partial charge on any atom is -0.323 e. The molecule has 2 N–H and O–H groups in total. The normalized spacial score (nSPS) is 20.4. The molecular weight excluding hydrogens is 215 g/mol. The molecule has 0 bridgehead atoms. The van der Waals surface area contributed by atoms with Gasteiger partial charge in [0.15, 0.2) is 0 Å². The molecule has 0 aromatic heterocycles. The summed E-state index contributed by atoms with van der Waals surface area (Å²) >= 11 is 0. The van der Waals surface area contributed by atoms with Gasteiger partial charge in [0.25, 0.3) is 0 Å². The highest BCUT2D eigenvalue weighted by molar-refractivity contribution is 5.19. The van der Waals surface area contributed by atoms with Gasteiger partial charge in [-0.2, -0.15) is 0 Å². The lowest BCUT2D eigenvalue weighted by molar-refractivity contribution is 0.183. The molecule has 0 aliphatic carbocycles. The first-order chi connectivity index (χ1) is 8.15. The first-order valence-electron chi connectivity index (χ1n) is 6.38.